The van der Waals surface area contributed by atoms with Crippen LogP contribution < -0.4 is 0 Å². The lowest BCUT2D eigenvalue weighted by Crippen LogP contribution is -1.81. The average molecular weight is 219 g/mol. The van der Waals surface area contributed by atoms with Crippen LogP contribution in [0.4, 0.5) is 0 Å². The standard InChI is InChI=1S/C10H7ClN4/c11-10-9-8(14-6-15-10)7(5-13-9)3-1-2-4-12/h1,3,5-6,13H,2H2. The molecular weight excluding hydrogens is 212 g/mol. The van der Waals surface area contributed by atoms with Crippen molar-refractivity contribution >= 4 is 28.7 Å². The quantitative estimate of drug-likeness (QED) is 0.788. The second kappa shape index (κ2) is 4.11. The highest BCUT2D eigenvalue weighted by molar-refractivity contribution is 6.33. The van der Waals surface area contributed by atoms with Gasteiger partial charge >= 0.3 is 0 Å². The summed E-state index contributed by atoms with van der Waals surface area (Å²) in [5.74, 6) is 0. The Morgan fingerprint density at radius 2 is 2.40 bits per heavy atom. The predicted molar refractivity (Wildman–Crippen MR) is 58.2 cm³/mol. The smallest absolute Gasteiger partial charge is 0.156 e. The average Bonchev–Trinajstić information content (AvgIpc) is 2.64. The Morgan fingerprint density at radius 3 is 3.20 bits per heavy atom. The molecule has 1 N–H and O–H groups in total. The Morgan fingerprint density at radius 1 is 1.53 bits per heavy atom. The van der Waals surface area contributed by atoms with Gasteiger partial charge in [0.2, 0.25) is 0 Å². The Labute approximate surface area is 91.2 Å². The minimum absolute atomic E-state index is 0.380. The van der Waals surface area contributed by atoms with E-state index in [1.165, 1.54) is 6.33 Å². The molecule has 0 amide bonds. The number of nitriles is 1. The number of aromatic amines is 1. The van der Waals surface area contributed by atoms with Crippen LogP contribution in [-0.2, 0) is 0 Å². The molecule has 0 fully saturated rings. The molecule has 0 atom stereocenters. The predicted octanol–water partition coefficient (Wildman–Crippen LogP) is 2.54. The third kappa shape index (κ3) is 1.83. The number of rotatable bonds is 2. The normalized spacial score (nSPS) is 10.9. The summed E-state index contributed by atoms with van der Waals surface area (Å²) >= 11 is 5.87. The van der Waals surface area contributed by atoms with Crippen molar-refractivity contribution in [1.29, 1.82) is 5.26 Å². The highest BCUT2D eigenvalue weighted by Crippen LogP contribution is 2.21. The van der Waals surface area contributed by atoms with Crippen molar-refractivity contribution in [2.75, 3.05) is 0 Å². The first-order valence-corrected chi connectivity index (χ1v) is 4.72. The number of nitrogens with one attached hydrogen (secondary N) is 1. The van der Waals surface area contributed by atoms with Gasteiger partial charge in [-0.25, -0.2) is 9.97 Å². The maximum Gasteiger partial charge on any atom is 0.156 e. The molecular formula is C10H7ClN4. The third-order valence-corrected chi connectivity index (χ3v) is 2.24. The molecule has 0 saturated heterocycles. The van der Waals surface area contributed by atoms with Gasteiger partial charge in [0.15, 0.2) is 5.15 Å². The summed E-state index contributed by atoms with van der Waals surface area (Å²) in [4.78, 5) is 11.0. The van der Waals surface area contributed by atoms with Crippen molar-refractivity contribution < 1.29 is 0 Å². The minimum atomic E-state index is 0.380. The lowest BCUT2D eigenvalue weighted by atomic mass is 10.2. The monoisotopic (exact) mass is 218 g/mol. The molecule has 0 unspecified atom stereocenters. The van der Waals surface area contributed by atoms with Crippen molar-refractivity contribution in [3.05, 3.63) is 29.3 Å². The van der Waals surface area contributed by atoms with Crippen LogP contribution in [0, 0.1) is 11.3 Å². The summed E-state index contributed by atoms with van der Waals surface area (Å²) < 4.78 is 0. The molecule has 5 heteroatoms. The number of halogens is 1. The molecule has 15 heavy (non-hydrogen) atoms. The Hall–Kier alpha value is -1.86. The van der Waals surface area contributed by atoms with Gasteiger partial charge in [-0.2, -0.15) is 5.26 Å². The maximum atomic E-state index is 8.40. The summed E-state index contributed by atoms with van der Waals surface area (Å²) in [5.41, 5.74) is 2.39. The van der Waals surface area contributed by atoms with Crippen LogP contribution in [0.1, 0.15) is 12.0 Å². The van der Waals surface area contributed by atoms with Gasteiger partial charge in [-0.05, 0) is 0 Å². The van der Waals surface area contributed by atoms with Gasteiger partial charge < -0.3 is 4.98 Å². The first-order chi connectivity index (χ1) is 7.33. The van der Waals surface area contributed by atoms with E-state index in [1.54, 1.807) is 12.3 Å². The fourth-order valence-corrected chi connectivity index (χ4v) is 1.48. The van der Waals surface area contributed by atoms with Crippen molar-refractivity contribution in [2.24, 2.45) is 0 Å². The van der Waals surface area contributed by atoms with Crippen LogP contribution in [0.2, 0.25) is 5.15 Å². The summed E-state index contributed by atoms with van der Waals surface area (Å²) in [7, 11) is 0. The number of hydrogen-bond donors (Lipinski definition) is 1. The van der Waals surface area contributed by atoms with Gasteiger partial charge in [0.25, 0.3) is 0 Å². The van der Waals surface area contributed by atoms with E-state index in [1.807, 2.05) is 12.1 Å². The van der Waals surface area contributed by atoms with E-state index in [0.29, 0.717) is 11.6 Å². The number of allylic oxidation sites excluding steroid dienone is 1. The maximum absolute atomic E-state index is 8.40. The van der Waals surface area contributed by atoms with E-state index in [4.69, 9.17) is 16.9 Å². The molecule has 0 bridgehead atoms. The molecule has 0 radical (unpaired) electrons. The molecule has 0 saturated carbocycles. The molecule has 0 aliphatic carbocycles. The van der Waals surface area contributed by atoms with Crippen molar-refractivity contribution in [3.63, 3.8) is 0 Å². The number of hydrogen-bond acceptors (Lipinski definition) is 3. The highest BCUT2D eigenvalue weighted by atomic mass is 35.5. The molecule has 0 aliphatic heterocycles. The fourth-order valence-electron chi connectivity index (χ4n) is 1.29. The van der Waals surface area contributed by atoms with Crippen LogP contribution in [0.3, 0.4) is 0 Å². The van der Waals surface area contributed by atoms with Crippen LogP contribution in [-0.4, -0.2) is 15.0 Å². The van der Waals surface area contributed by atoms with Gasteiger partial charge in [-0.15, -0.1) is 0 Å². The third-order valence-electron chi connectivity index (χ3n) is 1.95. The zero-order chi connectivity index (χ0) is 10.7. The topological polar surface area (TPSA) is 65.4 Å². The highest BCUT2D eigenvalue weighted by Gasteiger charge is 2.05. The molecule has 2 heterocycles. The summed E-state index contributed by atoms with van der Waals surface area (Å²) in [6.45, 7) is 0. The molecule has 0 aliphatic rings. The summed E-state index contributed by atoms with van der Waals surface area (Å²) in [5, 5.41) is 8.80. The second-order valence-electron chi connectivity index (χ2n) is 2.90. The number of fused-ring (bicyclic) bond motifs is 1. The molecule has 2 rings (SSSR count). The molecule has 0 aromatic carbocycles. The van der Waals surface area contributed by atoms with E-state index in [9.17, 15) is 0 Å². The molecule has 2 aromatic heterocycles. The molecule has 4 nitrogen and oxygen atoms in total. The minimum Gasteiger partial charge on any atom is -0.357 e. The zero-order valence-corrected chi connectivity index (χ0v) is 8.49. The van der Waals surface area contributed by atoms with E-state index in [0.717, 1.165) is 16.6 Å². The van der Waals surface area contributed by atoms with Gasteiger partial charge in [0.1, 0.15) is 17.4 Å². The van der Waals surface area contributed by atoms with E-state index < -0.39 is 0 Å². The fraction of sp³-hybridized carbons (Fsp3) is 0.100. The summed E-state index contributed by atoms with van der Waals surface area (Å²) in [6.07, 6.45) is 7.20. The second-order valence-corrected chi connectivity index (χ2v) is 3.25. The number of aromatic nitrogens is 3. The number of H-pyrrole nitrogens is 1. The van der Waals surface area contributed by atoms with Gasteiger partial charge in [-0.3, -0.25) is 0 Å². The molecule has 0 spiro atoms. The van der Waals surface area contributed by atoms with E-state index >= 15 is 0 Å². The van der Waals surface area contributed by atoms with Gasteiger partial charge in [0.05, 0.1) is 12.5 Å². The van der Waals surface area contributed by atoms with Crippen LogP contribution in [0.5, 0.6) is 0 Å². The lowest BCUT2D eigenvalue weighted by Gasteiger charge is -1.91. The zero-order valence-electron chi connectivity index (χ0n) is 7.74. The van der Waals surface area contributed by atoms with Crippen molar-refractivity contribution in [2.45, 2.75) is 6.42 Å². The van der Waals surface area contributed by atoms with Gasteiger partial charge in [0, 0.05) is 11.8 Å². The van der Waals surface area contributed by atoms with Crippen molar-refractivity contribution in [1.82, 2.24) is 15.0 Å². The first-order valence-electron chi connectivity index (χ1n) is 4.34. The van der Waals surface area contributed by atoms with Crippen molar-refractivity contribution in [3.8, 4) is 6.07 Å². The first kappa shape index (κ1) is 9.69. The number of nitrogens with zero attached hydrogens (tertiary/aromatic N) is 3. The van der Waals surface area contributed by atoms with E-state index in [2.05, 4.69) is 15.0 Å². The summed E-state index contributed by atoms with van der Waals surface area (Å²) in [6, 6.07) is 2.03. The Balaban J connectivity index is 2.46. The van der Waals surface area contributed by atoms with Gasteiger partial charge in [-0.1, -0.05) is 23.8 Å². The van der Waals surface area contributed by atoms with Crippen LogP contribution in [0.15, 0.2) is 18.6 Å². The van der Waals surface area contributed by atoms with E-state index in [-0.39, 0.29) is 0 Å². The molecule has 2 aromatic rings. The van der Waals surface area contributed by atoms with Crippen LogP contribution in [0.25, 0.3) is 17.1 Å². The largest absolute Gasteiger partial charge is 0.357 e. The SMILES string of the molecule is N#CCC=Cc1c[nH]c2c(Cl)ncnc12. The Bertz CT molecular complexity index is 550. The Kier molecular flexibility index (Phi) is 2.66. The van der Waals surface area contributed by atoms with Crippen LogP contribution >= 0.6 is 11.6 Å². The lowest BCUT2D eigenvalue weighted by molar-refractivity contribution is 1.22. The molecule has 74 valence electrons.